The summed E-state index contributed by atoms with van der Waals surface area (Å²) in [4.78, 5) is 29.8. The summed E-state index contributed by atoms with van der Waals surface area (Å²) in [6.45, 7) is 0.639. The minimum absolute atomic E-state index is 0.0551. The first-order valence-electron chi connectivity index (χ1n) is 10.7. The maximum absolute atomic E-state index is 13.4. The summed E-state index contributed by atoms with van der Waals surface area (Å²) in [5.41, 5.74) is 12.9. The fraction of sp³-hybridized carbons (Fsp3) is 0.375. The van der Waals surface area contributed by atoms with E-state index in [9.17, 15) is 9.59 Å². The van der Waals surface area contributed by atoms with E-state index in [1.807, 2.05) is 37.4 Å². The Labute approximate surface area is 183 Å². The third-order valence-corrected chi connectivity index (χ3v) is 6.12. The topological polar surface area (TPSA) is 117 Å². The zero-order valence-corrected chi connectivity index (χ0v) is 18.0. The first kappa shape index (κ1) is 22.5. The van der Waals surface area contributed by atoms with Crippen molar-refractivity contribution >= 4 is 23.3 Å². The van der Waals surface area contributed by atoms with Gasteiger partial charge < -0.3 is 16.4 Å². The Morgan fingerprint density at radius 3 is 2.26 bits per heavy atom. The second kappa shape index (κ2) is 10.2. The monoisotopic (exact) mass is 421 g/mol. The number of para-hydroxylation sites is 1. The van der Waals surface area contributed by atoms with Crippen LogP contribution in [0.5, 0.6) is 0 Å². The van der Waals surface area contributed by atoms with Crippen molar-refractivity contribution in [3.63, 3.8) is 0 Å². The number of nitrogen functional groups attached to an aromatic ring is 1. The molecule has 1 fully saturated rings. The number of hydrogen-bond donors (Lipinski definition) is 3. The second-order valence-corrected chi connectivity index (χ2v) is 8.14. The van der Waals surface area contributed by atoms with Gasteiger partial charge >= 0.3 is 0 Å². The first-order valence-corrected chi connectivity index (χ1v) is 10.7. The van der Waals surface area contributed by atoms with Crippen LogP contribution in [0.25, 0.3) is 0 Å². The maximum atomic E-state index is 13.4. The molecule has 2 aromatic rings. The Morgan fingerprint density at radius 2 is 1.65 bits per heavy atom. The Balaban J connectivity index is 1.80. The molecule has 2 aromatic carbocycles. The summed E-state index contributed by atoms with van der Waals surface area (Å²) in [5.74, 6) is 0.0273. The molecule has 5 N–H and O–H groups in total. The molecular weight excluding hydrogens is 390 g/mol. The van der Waals surface area contributed by atoms with Gasteiger partial charge in [0.05, 0.1) is 0 Å². The summed E-state index contributed by atoms with van der Waals surface area (Å²) >= 11 is 0. The highest BCUT2D eigenvalue weighted by Gasteiger charge is 2.28. The van der Waals surface area contributed by atoms with E-state index in [0.29, 0.717) is 29.3 Å². The third-order valence-electron chi connectivity index (χ3n) is 6.12. The smallest absolute Gasteiger partial charge is 0.258 e. The number of nitrogens with two attached hydrogens (primary N) is 2. The molecule has 3 rings (SSSR count). The van der Waals surface area contributed by atoms with E-state index in [-0.39, 0.29) is 30.2 Å². The number of amidine groups is 1. The molecule has 2 amide bonds. The maximum Gasteiger partial charge on any atom is 0.258 e. The highest BCUT2D eigenvalue weighted by molar-refractivity contribution is 6.10. The van der Waals surface area contributed by atoms with E-state index in [1.54, 1.807) is 29.2 Å². The van der Waals surface area contributed by atoms with Crippen molar-refractivity contribution in [2.24, 2.45) is 17.4 Å². The van der Waals surface area contributed by atoms with Crippen molar-refractivity contribution in [2.75, 3.05) is 25.0 Å². The number of carbonyl (C=O) groups is 2. The lowest BCUT2D eigenvalue weighted by Gasteiger charge is -2.35. The van der Waals surface area contributed by atoms with Crippen molar-refractivity contribution in [3.8, 4) is 0 Å². The summed E-state index contributed by atoms with van der Waals surface area (Å²) < 4.78 is 0. The number of nitrogens with zero attached hydrogens (tertiary/aromatic N) is 2. The van der Waals surface area contributed by atoms with Gasteiger partial charge in [-0.15, -0.1) is 0 Å². The van der Waals surface area contributed by atoms with Gasteiger partial charge in [0.1, 0.15) is 12.4 Å². The van der Waals surface area contributed by atoms with Crippen molar-refractivity contribution in [1.82, 2.24) is 4.90 Å². The SMILES string of the molecule is CN(C(=O)CN(C(=O)c1cccc(C(=N)N)c1)c1ccccc1)C1CCC(CN)CC1. The molecule has 7 heteroatoms. The van der Waals surface area contributed by atoms with Crippen molar-refractivity contribution in [1.29, 1.82) is 5.41 Å². The van der Waals surface area contributed by atoms with Crippen LogP contribution in [0.3, 0.4) is 0 Å². The van der Waals surface area contributed by atoms with E-state index in [4.69, 9.17) is 16.9 Å². The van der Waals surface area contributed by atoms with Crippen LogP contribution in [0, 0.1) is 11.3 Å². The predicted octanol–water partition coefficient (Wildman–Crippen LogP) is 2.59. The third kappa shape index (κ3) is 5.49. The van der Waals surface area contributed by atoms with E-state index < -0.39 is 0 Å². The fourth-order valence-electron chi connectivity index (χ4n) is 4.08. The lowest BCUT2D eigenvalue weighted by atomic mass is 9.85. The van der Waals surface area contributed by atoms with Gasteiger partial charge in [-0.1, -0.05) is 30.3 Å². The van der Waals surface area contributed by atoms with Crippen LogP contribution < -0.4 is 16.4 Å². The standard InChI is InChI=1S/C24H31N5O2/c1-28(20-12-10-17(15-25)11-13-20)22(30)16-29(21-8-3-2-4-9-21)24(31)19-7-5-6-18(14-19)23(26)27/h2-9,14,17,20H,10-13,15-16,25H2,1H3,(H3,26,27). The molecule has 1 saturated carbocycles. The highest BCUT2D eigenvalue weighted by Crippen LogP contribution is 2.27. The normalized spacial score (nSPS) is 18.3. The average Bonchev–Trinajstić information content (AvgIpc) is 2.82. The van der Waals surface area contributed by atoms with Gasteiger partial charge in [0.15, 0.2) is 0 Å². The van der Waals surface area contributed by atoms with Crippen LogP contribution in [0.4, 0.5) is 5.69 Å². The van der Waals surface area contributed by atoms with Crippen LogP contribution in [-0.2, 0) is 4.79 Å². The first-order chi connectivity index (χ1) is 14.9. The molecular formula is C24H31N5O2. The zero-order chi connectivity index (χ0) is 22.4. The van der Waals surface area contributed by atoms with Gasteiger partial charge in [0.25, 0.3) is 5.91 Å². The van der Waals surface area contributed by atoms with Crippen molar-refractivity contribution < 1.29 is 9.59 Å². The van der Waals surface area contributed by atoms with Gasteiger partial charge in [0, 0.05) is 29.9 Å². The lowest BCUT2D eigenvalue weighted by Crippen LogP contribution is -2.46. The number of amides is 2. The summed E-state index contributed by atoms with van der Waals surface area (Å²) in [6, 6.07) is 16.0. The van der Waals surface area contributed by atoms with Crippen LogP contribution >= 0.6 is 0 Å². The highest BCUT2D eigenvalue weighted by atomic mass is 16.2. The molecule has 164 valence electrons. The predicted molar refractivity (Wildman–Crippen MR) is 123 cm³/mol. The van der Waals surface area contributed by atoms with Crippen LogP contribution in [0.2, 0.25) is 0 Å². The van der Waals surface area contributed by atoms with Gasteiger partial charge in [-0.3, -0.25) is 19.9 Å². The Morgan fingerprint density at radius 1 is 1.00 bits per heavy atom. The summed E-state index contributed by atoms with van der Waals surface area (Å²) in [6.07, 6.45) is 3.92. The quantitative estimate of drug-likeness (QED) is 0.470. The summed E-state index contributed by atoms with van der Waals surface area (Å²) in [7, 11) is 1.82. The number of likely N-dealkylation sites (N-methyl/N-ethyl adjacent to an activating group) is 1. The molecule has 0 atom stereocenters. The molecule has 31 heavy (non-hydrogen) atoms. The Bertz CT molecular complexity index is 923. The van der Waals surface area contributed by atoms with E-state index >= 15 is 0 Å². The number of carbonyl (C=O) groups excluding carboxylic acids is 2. The second-order valence-electron chi connectivity index (χ2n) is 8.14. The van der Waals surface area contributed by atoms with Gasteiger partial charge in [-0.2, -0.15) is 0 Å². The molecule has 1 aliphatic rings. The van der Waals surface area contributed by atoms with E-state index in [2.05, 4.69) is 0 Å². The zero-order valence-electron chi connectivity index (χ0n) is 18.0. The number of rotatable bonds is 7. The molecule has 0 unspecified atom stereocenters. The number of nitrogens with one attached hydrogen (secondary N) is 1. The Hall–Kier alpha value is -3.19. The molecule has 1 aliphatic carbocycles. The molecule has 0 heterocycles. The minimum atomic E-state index is -0.303. The van der Waals surface area contributed by atoms with Crippen LogP contribution in [-0.4, -0.2) is 48.7 Å². The fourth-order valence-corrected chi connectivity index (χ4v) is 4.08. The van der Waals surface area contributed by atoms with Crippen molar-refractivity contribution in [3.05, 3.63) is 65.7 Å². The van der Waals surface area contributed by atoms with Gasteiger partial charge in [-0.25, -0.2) is 0 Å². The molecule has 0 aromatic heterocycles. The molecule has 0 saturated heterocycles. The number of benzene rings is 2. The largest absolute Gasteiger partial charge is 0.384 e. The van der Waals surface area contributed by atoms with E-state index in [0.717, 1.165) is 25.7 Å². The minimum Gasteiger partial charge on any atom is -0.384 e. The van der Waals surface area contributed by atoms with E-state index in [1.165, 1.54) is 4.90 Å². The Kier molecular flexibility index (Phi) is 7.41. The van der Waals surface area contributed by atoms with Crippen LogP contribution in [0.1, 0.15) is 41.6 Å². The van der Waals surface area contributed by atoms with Crippen molar-refractivity contribution in [2.45, 2.75) is 31.7 Å². The van der Waals surface area contributed by atoms with Crippen LogP contribution in [0.15, 0.2) is 54.6 Å². The molecule has 0 radical (unpaired) electrons. The lowest BCUT2D eigenvalue weighted by molar-refractivity contribution is -0.131. The molecule has 0 aliphatic heterocycles. The average molecular weight is 422 g/mol. The molecule has 0 bridgehead atoms. The summed E-state index contributed by atoms with van der Waals surface area (Å²) in [5, 5.41) is 7.64. The van der Waals surface area contributed by atoms with Gasteiger partial charge in [0.2, 0.25) is 5.91 Å². The van der Waals surface area contributed by atoms with Gasteiger partial charge in [-0.05, 0) is 62.4 Å². The molecule has 7 nitrogen and oxygen atoms in total. The number of anilines is 1. The number of hydrogen-bond acceptors (Lipinski definition) is 4. The molecule has 0 spiro atoms.